The van der Waals surface area contributed by atoms with E-state index in [0.29, 0.717) is 10.0 Å². The minimum atomic E-state index is -0.202. The number of benzene rings is 1. The summed E-state index contributed by atoms with van der Waals surface area (Å²) in [6.07, 6.45) is 0. The largest absolute Gasteiger partial charge is 0.507 e. The number of hydrogen-bond acceptors (Lipinski definition) is 2. The molecule has 0 heterocycles. The Kier molecular flexibility index (Phi) is 3.97. The number of halogens is 1. The van der Waals surface area contributed by atoms with Crippen molar-refractivity contribution in [3.63, 3.8) is 0 Å². The molecule has 1 N–H and O–H groups in total. The lowest BCUT2D eigenvalue weighted by molar-refractivity contribution is 0.0823. The normalized spacial score (nSPS) is 10.6. The van der Waals surface area contributed by atoms with E-state index in [-0.39, 0.29) is 17.6 Å². The number of amides is 1. The molecule has 0 aliphatic rings. The highest BCUT2D eigenvalue weighted by Gasteiger charge is 2.20. The maximum atomic E-state index is 11.9. The smallest absolute Gasteiger partial charge is 0.258 e. The highest BCUT2D eigenvalue weighted by atomic mass is 79.9. The molecule has 0 aromatic heterocycles. The summed E-state index contributed by atoms with van der Waals surface area (Å²) in [5.41, 5.74) is 1.12. The molecular weight excluding hydrogens is 270 g/mol. The van der Waals surface area contributed by atoms with E-state index in [1.54, 1.807) is 20.2 Å². The van der Waals surface area contributed by atoms with Gasteiger partial charge in [-0.25, -0.2) is 0 Å². The Hall–Kier alpha value is -1.03. The third-order valence-corrected chi connectivity index (χ3v) is 3.06. The van der Waals surface area contributed by atoms with Crippen LogP contribution in [0.1, 0.15) is 35.7 Å². The van der Waals surface area contributed by atoms with Crippen molar-refractivity contribution in [2.75, 3.05) is 14.1 Å². The van der Waals surface area contributed by atoms with Gasteiger partial charge >= 0.3 is 0 Å². The van der Waals surface area contributed by atoms with Crippen LogP contribution in [0.25, 0.3) is 0 Å². The fourth-order valence-electron chi connectivity index (χ4n) is 1.48. The van der Waals surface area contributed by atoms with Crippen LogP contribution < -0.4 is 0 Å². The number of nitrogens with zero attached hydrogens (tertiary/aromatic N) is 1. The lowest BCUT2D eigenvalue weighted by atomic mass is 9.98. The molecule has 0 bridgehead atoms. The summed E-state index contributed by atoms with van der Waals surface area (Å²) in [7, 11) is 3.33. The first-order chi connectivity index (χ1) is 7.36. The van der Waals surface area contributed by atoms with Crippen LogP contribution in [0.5, 0.6) is 5.75 Å². The van der Waals surface area contributed by atoms with E-state index in [0.717, 1.165) is 5.56 Å². The van der Waals surface area contributed by atoms with Crippen molar-refractivity contribution in [3.05, 3.63) is 27.7 Å². The number of phenols is 1. The van der Waals surface area contributed by atoms with Gasteiger partial charge in [-0.3, -0.25) is 4.79 Å². The van der Waals surface area contributed by atoms with Crippen LogP contribution in [0.4, 0.5) is 0 Å². The van der Waals surface area contributed by atoms with Crippen LogP contribution in [0, 0.1) is 0 Å². The second-order valence-corrected chi connectivity index (χ2v) is 5.07. The molecule has 0 aliphatic carbocycles. The average molecular weight is 286 g/mol. The van der Waals surface area contributed by atoms with Gasteiger partial charge in [0.15, 0.2) is 0 Å². The van der Waals surface area contributed by atoms with E-state index in [1.807, 2.05) is 19.9 Å². The van der Waals surface area contributed by atoms with Crippen LogP contribution in [-0.4, -0.2) is 30.0 Å². The zero-order valence-electron chi connectivity index (χ0n) is 9.91. The zero-order valence-corrected chi connectivity index (χ0v) is 11.5. The lowest BCUT2D eigenvalue weighted by Gasteiger charge is -2.16. The standard InChI is InChI=1S/C12H16BrNO2/c1-7(2)8-5-6-9(13)10(11(8)15)12(16)14(3)4/h5-7,15H,1-4H3. The summed E-state index contributed by atoms with van der Waals surface area (Å²) in [4.78, 5) is 13.3. The molecule has 1 aromatic carbocycles. The Morgan fingerprint density at radius 1 is 1.38 bits per heavy atom. The Morgan fingerprint density at radius 3 is 2.38 bits per heavy atom. The van der Waals surface area contributed by atoms with Gasteiger partial charge < -0.3 is 10.0 Å². The number of aromatic hydroxyl groups is 1. The van der Waals surface area contributed by atoms with Gasteiger partial charge in [-0.2, -0.15) is 0 Å². The van der Waals surface area contributed by atoms with Crippen LogP contribution >= 0.6 is 15.9 Å². The van der Waals surface area contributed by atoms with Gasteiger partial charge in [0.25, 0.3) is 5.91 Å². The Balaban J connectivity index is 3.38. The van der Waals surface area contributed by atoms with Gasteiger partial charge in [-0.15, -0.1) is 0 Å². The molecule has 0 atom stereocenters. The number of rotatable bonds is 2. The third-order valence-electron chi connectivity index (χ3n) is 2.40. The summed E-state index contributed by atoms with van der Waals surface area (Å²) in [6, 6.07) is 3.63. The van der Waals surface area contributed by atoms with Gasteiger partial charge in [0.05, 0.1) is 5.56 Å². The Bertz CT molecular complexity index is 414. The molecule has 1 rings (SSSR count). The molecule has 0 radical (unpaired) electrons. The first-order valence-corrected chi connectivity index (χ1v) is 5.88. The molecule has 0 saturated heterocycles. The molecule has 0 fully saturated rings. The van der Waals surface area contributed by atoms with Crippen molar-refractivity contribution in [1.29, 1.82) is 0 Å². The molecule has 3 nitrogen and oxygen atoms in total. The molecule has 0 saturated carbocycles. The van der Waals surface area contributed by atoms with Crippen molar-refractivity contribution in [3.8, 4) is 5.75 Å². The fourth-order valence-corrected chi connectivity index (χ4v) is 1.97. The van der Waals surface area contributed by atoms with Crippen LogP contribution in [0.2, 0.25) is 0 Å². The quantitative estimate of drug-likeness (QED) is 0.908. The summed E-state index contributed by atoms with van der Waals surface area (Å²) in [5, 5.41) is 10.1. The SMILES string of the molecule is CC(C)c1ccc(Br)c(C(=O)N(C)C)c1O. The topological polar surface area (TPSA) is 40.5 Å². The van der Waals surface area contributed by atoms with Crippen LogP contribution in [-0.2, 0) is 0 Å². The molecule has 4 heteroatoms. The van der Waals surface area contributed by atoms with Crippen molar-refractivity contribution in [2.45, 2.75) is 19.8 Å². The first kappa shape index (κ1) is 13.0. The minimum absolute atomic E-state index is 0.0723. The summed E-state index contributed by atoms with van der Waals surface area (Å²) in [6.45, 7) is 3.96. The second kappa shape index (κ2) is 4.87. The highest BCUT2D eigenvalue weighted by molar-refractivity contribution is 9.10. The molecule has 16 heavy (non-hydrogen) atoms. The monoisotopic (exact) mass is 285 g/mol. The van der Waals surface area contributed by atoms with Gasteiger partial charge in [-0.05, 0) is 33.5 Å². The first-order valence-electron chi connectivity index (χ1n) is 5.09. The molecule has 1 amide bonds. The zero-order chi connectivity index (χ0) is 12.5. The van der Waals surface area contributed by atoms with E-state index in [9.17, 15) is 9.90 Å². The van der Waals surface area contributed by atoms with E-state index >= 15 is 0 Å². The van der Waals surface area contributed by atoms with Crippen LogP contribution in [0.3, 0.4) is 0 Å². The molecule has 1 aromatic rings. The van der Waals surface area contributed by atoms with Crippen molar-refractivity contribution in [1.82, 2.24) is 4.90 Å². The maximum absolute atomic E-state index is 11.9. The molecule has 88 valence electrons. The van der Waals surface area contributed by atoms with Gasteiger partial charge in [0, 0.05) is 18.6 Å². The predicted octanol–water partition coefficient (Wildman–Crippen LogP) is 2.98. The third kappa shape index (κ3) is 2.38. The van der Waals surface area contributed by atoms with Crippen molar-refractivity contribution < 1.29 is 9.90 Å². The van der Waals surface area contributed by atoms with Gasteiger partial charge in [-0.1, -0.05) is 19.9 Å². The highest BCUT2D eigenvalue weighted by Crippen LogP contribution is 2.34. The van der Waals surface area contributed by atoms with E-state index in [2.05, 4.69) is 15.9 Å². The molecule has 0 unspecified atom stereocenters. The summed E-state index contributed by atoms with van der Waals surface area (Å²) < 4.78 is 0.619. The number of phenolic OH excluding ortho intramolecular Hbond substituents is 1. The summed E-state index contributed by atoms with van der Waals surface area (Å²) >= 11 is 3.29. The predicted molar refractivity (Wildman–Crippen MR) is 67.9 cm³/mol. The second-order valence-electron chi connectivity index (χ2n) is 4.21. The van der Waals surface area contributed by atoms with Gasteiger partial charge in [0.1, 0.15) is 5.75 Å². The van der Waals surface area contributed by atoms with Crippen molar-refractivity contribution in [2.24, 2.45) is 0 Å². The molecule has 0 aliphatic heterocycles. The van der Waals surface area contributed by atoms with Crippen LogP contribution in [0.15, 0.2) is 16.6 Å². The Morgan fingerprint density at radius 2 is 1.94 bits per heavy atom. The number of carbonyl (C=O) groups is 1. The van der Waals surface area contributed by atoms with E-state index in [1.165, 1.54) is 4.90 Å². The van der Waals surface area contributed by atoms with Crippen molar-refractivity contribution >= 4 is 21.8 Å². The van der Waals surface area contributed by atoms with E-state index < -0.39 is 0 Å². The van der Waals surface area contributed by atoms with Gasteiger partial charge in [0.2, 0.25) is 0 Å². The fraction of sp³-hybridized carbons (Fsp3) is 0.417. The minimum Gasteiger partial charge on any atom is -0.507 e. The lowest BCUT2D eigenvalue weighted by Crippen LogP contribution is -2.22. The Labute approximate surface area is 104 Å². The number of carbonyl (C=O) groups excluding carboxylic acids is 1. The van der Waals surface area contributed by atoms with E-state index in [4.69, 9.17) is 0 Å². The number of hydrogen-bond donors (Lipinski definition) is 1. The average Bonchev–Trinajstić information content (AvgIpc) is 2.16. The maximum Gasteiger partial charge on any atom is 0.258 e. The molecular formula is C12H16BrNO2. The molecule has 0 spiro atoms. The summed E-state index contributed by atoms with van der Waals surface area (Å²) in [5.74, 6) is 0.0526.